The average molecular weight is 261 g/mol. The Morgan fingerprint density at radius 2 is 2.06 bits per heavy atom. The number of fused-ring (bicyclic) bond motifs is 1. The van der Waals surface area contributed by atoms with Gasteiger partial charge in [-0.25, -0.2) is 0 Å². The lowest BCUT2D eigenvalue weighted by Crippen LogP contribution is -2.39. The quantitative estimate of drug-likeness (QED) is 0.768. The number of thioether (sulfide) groups is 1. The van der Waals surface area contributed by atoms with Gasteiger partial charge >= 0.3 is 0 Å². The predicted octanol–water partition coefficient (Wildman–Crippen LogP) is 3.70. The van der Waals surface area contributed by atoms with Gasteiger partial charge in [-0.3, -0.25) is 4.79 Å². The van der Waals surface area contributed by atoms with E-state index >= 15 is 0 Å². The van der Waals surface area contributed by atoms with Crippen molar-refractivity contribution in [1.82, 2.24) is 0 Å². The molecule has 1 aromatic carbocycles. The van der Waals surface area contributed by atoms with Crippen molar-refractivity contribution >= 4 is 23.4 Å². The molecule has 1 unspecified atom stereocenters. The van der Waals surface area contributed by atoms with Crippen LogP contribution in [-0.2, 0) is 4.79 Å². The van der Waals surface area contributed by atoms with Gasteiger partial charge in [0.25, 0.3) is 0 Å². The van der Waals surface area contributed by atoms with Gasteiger partial charge < -0.3 is 4.90 Å². The summed E-state index contributed by atoms with van der Waals surface area (Å²) in [5.41, 5.74) is 1.13. The van der Waals surface area contributed by atoms with Crippen molar-refractivity contribution in [2.75, 3.05) is 11.4 Å². The minimum absolute atomic E-state index is 0.288. The number of amides is 1. The van der Waals surface area contributed by atoms with Crippen LogP contribution < -0.4 is 4.90 Å². The summed E-state index contributed by atoms with van der Waals surface area (Å²) in [4.78, 5) is 15.8. The molecule has 0 bridgehead atoms. The standard InChI is InChI=1S/C15H19NOS/c1-11-9-10-16(15(17)12-5-4-6-12)13-7-2-3-8-14(13)18-11/h2-3,7-8,11-12H,4-6,9-10H2,1H3. The van der Waals surface area contributed by atoms with Gasteiger partial charge in [-0.15, -0.1) is 11.8 Å². The van der Waals surface area contributed by atoms with E-state index in [4.69, 9.17) is 0 Å². The highest BCUT2D eigenvalue weighted by molar-refractivity contribution is 8.00. The lowest BCUT2D eigenvalue weighted by atomic mass is 9.84. The summed E-state index contributed by atoms with van der Waals surface area (Å²) in [5, 5.41) is 0.588. The van der Waals surface area contributed by atoms with Gasteiger partial charge in [0.2, 0.25) is 5.91 Å². The smallest absolute Gasteiger partial charge is 0.230 e. The number of benzene rings is 1. The minimum atomic E-state index is 0.288. The zero-order valence-electron chi connectivity index (χ0n) is 10.8. The van der Waals surface area contributed by atoms with Crippen molar-refractivity contribution in [2.24, 2.45) is 5.92 Å². The highest BCUT2D eigenvalue weighted by Crippen LogP contribution is 2.39. The van der Waals surface area contributed by atoms with E-state index in [9.17, 15) is 4.79 Å². The molecule has 3 rings (SSSR count). The van der Waals surface area contributed by atoms with Crippen molar-refractivity contribution in [3.8, 4) is 0 Å². The first-order valence-electron chi connectivity index (χ1n) is 6.83. The zero-order valence-corrected chi connectivity index (χ0v) is 11.6. The third-order valence-electron chi connectivity index (χ3n) is 3.96. The maximum absolute atomic E-state index is 12.5. The van der Waals surface area contributed by atoms with Crippen molar-refractivity contribution in [3.05, 3.63) is 24.3 Å². The summed E-state index contributed by atoms with van der Waals surface area (Å²) in [7, 11) is 0. The van der Waals surface area contributed by atoms with Crippen LogP contribution in [0.5, 0.6) is 0 Å². The first-order valence-corrected chi connectivity index (χ1v) is 7.71. The number of anilines is 1. The Labute approximate surface area is 113 Å². The molecule has 18 heavy (non-hydrogen) atoms. The second-order valence-electron chi connectivity index (χ2n) is 5.30. The molecule has 0 radical (unpaired) electrons. The first kappa shape index (κ1) is 12.1. The molecule has 0 aromatic heterocycles. The summed E-state index contributed by atoms with van der Waals surface area (Å²) in [6, 6.07) is 8.34. The molecule has 0 spiro atoms. The van der Waals surface area contributed by atoms with Crippen LogP contribution in [0.4, 0.5) is 5.69 Å². The summed E-state index contributed by atoms with van der Waals surface area (Å²) in [6.07, 6.45) is 4.47. The molecule has 96 valence electrons. The molecule has 1 aromatic rings. The van der Waals surface area contributed by atoms with Crippen LogP contribution in [0.3, 0.4) is 0 Å². The molecule has 1 amide bonds. The molecule has 1 atom stereocenters. The molecule has 1 aliphatic heterocycles. The number of para-hydroxylation sites is 1. The van der Waals surface area contributed by atoms with Gasteiger partial charge in [0, 0.05) is 22.6 Å². The Balaban J connectivity index is 1.91. The van der Waals surface area contributed by atoms with Gasteiger partial charge in [-0.05, 0) is 31.4 Å². The summed E-state index contributed by atoms with van der Waals surface area (Å²) < 4.78 is 0. The lowest BCUT2D eigenvalue weighted by molar-refractivity contribution is -0.124. The number of nitrogens with zero attached hydrogens (tertiary/aromatic N) is 1. The third-order valence-corrected chi connectivity index (χ3v) is 5.20. The summed E-state index contributed by atoms with van der Waals surface area (Å²) >= 11 is 1.90. The van der Waals surface area contributed by atoms with E-state index in [2.05, 4.69) is 25.1 Å². The summed E-state index contributed by atoms with van der Waals surface area (Å²) in [6.45, 7) is 3.12. The van der Waals surface area contributed by atoms with Crippen molar-refractivity contribution in [3.63, 3.8) is 0 Å². The normalized spacial score (nSPS) is 24.1. The van der Waals surface area contributed by atoms with E-state index < -0.39 is 0 Å². The van der Waals surface area contributed by atoms with E-state index in [1.54, 1.807) is 0 Å². The second-order valence-corrected chi connectivity index (χ2v) is 6.78. The number of rotatable bonds is 1. The van der Waals surface area contributed by atoms with Crippen molar-refractivity contribution in [1.29, 1.82) is 0 Å². The molecule has 0 saturated heterocycles. The zero-order chi connectivity index (χ0) is 12.5. The molecule has 2 nitrogen and oxygen atoms in total. The fraction of sp³-hybridized carbons (Fsp3) is 0.533. The Morgan fingerprint density at radius 3 is 2.78 bits per heavy atom. The van der Waals surface area contributed by atoms with Crippen LogP contribution in [0.1, 0.15) is 32.6 Å². The number of carbonyl (C=O) groups is 1. The molecule has 1 aliphatic carbocycles. The van der Waals surface area contributed by atoms with Crippen LogP contribution in [-0.4, -0.2) is 17.7 Å². The number of hydrogen-bond donors (Lipinski definition) is 0. The molecule has 1 fully saturated rings. The van der Waals surface area contributed by atoms with Crippen LogP contribution in [0.25, 0.3) is 0 Å². The van der Waals surface area contributed by atoms with Crippen LogP contribution in [0.15, 0.2) is 29.2 Å². The largest absolute Gasteiger partial charge is 0.311 e. The molecule has 0 N–H and O–H groups in total. The molecular weight excluding hydrogens is 242 g/mol. The van der Waals surface area contributed by atoms with E-state index in [1.165, 1.54) is 11.3 Å². The Morgan fingerprint density at radius 1 is 1.28 bits per heavy atom. The molecule has 1 saturated carbocycles. The average Bonchev–Trinajstić information content (AvgIpc) is 2.45. The molecule has 1 heterocycles. The fourth-order valence-corrected chi connectivity index (χ4v) is 3.70. The SMILES string of the molecule is CC1CCN(C(=O)C2CCC2)c2ccccc2S1. The van der Waals surface area contributed by atoms with Crippen LogP contribution in [0.2, 0.25) is 0 Å². The maximum Gasteiger partial charge on any atom is 0.230 e. The minimum Gasteiger partial charge on any atom is -0.311 e. The van der Waals surface area contributed by atoms with E-state index in [0.29, 0.717) is 11.2 Å². The maximum atomic E-state index is 12.5. The first-order chi connectivity index (χ1) is 8.75. The molecule has 3 heteroatoms. The third kappa shape index (κ3) is 2.16. The Kier molecular flexibility index (Phi) is 3.33. The Hall–Kier alpha value is -0.960. The van der Waals surface area contributed by atoms with Gasteiger partial charge in [0.1, 0.15) is 0 Å². The van der Waals surface area contributed by atoms with Crippen molar-refractivity contribution in [2.45, 2.75) is 42.8 Å². The van der Waals surface area contributed by atoms with E-state index in [0.717, 1.165) is 31.5 Å². The Bertz CT molecular complexity index is 456. The van der Waals surface area contributed by atoms with Crippen LogP contribution in [0, 0.1) is 5.92 Å². The predicted molar refractivity (Wildman–Crippen MR) is 76.1 cm³/mol. The van der Waals surface area contributed by atoms with Gasteiger partial charge in [-0.1, -0.05) is 25.5 Å². The molecule has 2 aliphatic rings. The fourth-order valence-electron chi connectivity index (χ4n) is 2.59. The van der Waals surface area contributed by atoms with Crippen molar-refractivity contribution < 1.29 is 4.79 Å². The number of hydrogen-bond acceptors (Lipinski definition) is 2. The second kappa shape index (κ2) is 4.96. The van der Waals surface area contributed by atoms with Gasteiger partial charge in [0.15, 0.2) is 0 Å². The van der Waals surface area contributed by atoms with Crippen LogP contribution >= 0.6 is 11.8 Å². The summed E-state index contributed by atoms with van der Waals surface area (Å²) in [5.74, 6) is 0.639. The van der Waals surface area contributed by atoms with E-state index in [1.807, 2.05) is 22.7 Å². The number of carbonyl (C=O) groups excluding carboxylic acids is 1. The lowest BCUT2D eigenvalue weighted by Gasteiger charge is -2.31. The molecular formula is C15H19NOS. The highest BCUT2D eigenvalue weighted by Gasteiger charge is 2.32. The highest BCUT2D eigenvalue weighted by atomic mass is 32.2. The van der Waals surface area contributed by atoms with Gasteiger partial charge in [-0.2, -0.15) is 0 Å². The van der Waals surface area contributed by atoms with Gasteiger partial charge in [0.05, 0.1) is 5.69 Å². The van der Waals surface area contributed by atoms with E-state index in [-0.39, 0.29) is 5.92 Å². The monoisotopic (exact) mass is 261 g/mol. The topological polar surface area (TPSA) is 20.3 Å².